The standard InChI is InChI=1S/C29H33FN6O2/c1-37-17-3-16-35(18-20-4-11-24(38-2)12-5-20)19-23-10-13-26-34-27(21-6-8-22(30)9-7-21)28(36(23)26)25-14-15-32-29(31)33-25/h4-9,11-12,14-15,23H,3,10,13,16-19H2,1-2H3,(H2,31,32,33)/t23-/m0/s1. The van der Waals surface area contributed by atoms with E-state index in [-0.39, 0.29) is 17.8 Å². The lowest BCUT2D eigenvalue weighted by Crippen LogP contribution is -2.31. The number of nitrogen functional groups attached to an aromatic ring is 1. The average molecular weight is 517 g/mol. The number of hydrogen-bond donors (Lipinski definition) is 1. The molecule has 2 aromatic heterocycles. The van der Waals surface area contributed by atoms with Crippen molar-refractivity contribution in [2.24, 2.45) is 0 Å². The molecule has 1 atom stereocenters. The lowest BCUT2D eigenvalue weighted by Gasteiger charge is -2.27. The average Bonchev–Trinajstić information content (AvgIpc) is 3.49. The Morgan fingerprint density at radius 1 is 1.05 bits per heavy atom. The number of nitrogens with zero attached hydrogens (tertiary/aromatic N) is 5. The van der Waals surface area contributed by atoms with Crippen LogP contribution in [0.25, 0.3) is 22.6 Å². The summed E-state index contributed by atoms with van der Waals surface area (Å²) in [4.78, 5) is 16.1. The van der Waals surface area contributed by atoms with Gasteiger partial charge in [0.05, 0.1) is 24.2 Å². The summed E-state index contributed by atoms with van der Waals surface area (Å²) in [5, 5.41) is 0. The van der Waals surface area contributed by atoms with Crippen molar-refractivity contribution in [3.63, 3.8) is 0 Å². The molecule has 4 aromatic rings. The molecule has 8 nitrogen and oxygen atoms in total. The van der Waals surface area contributed by atoms with E-state index in [0.717, 1.165) is 67.4 Å². The van der Waals surface area contributed by atoms with E-state index in [9.17, 15) is 4.39 Å². The molecule has 0 fully saturated rings. The quantitative estimate of drug-likeness (QED) is 0.287. The number of rotatable bonds is 11. The van der Waals surface area contributed by atoms with Gasteiger partial charge in [-0.25, -0.2) is 19.3 Å². The smallest absolute Gasteiger partial charge is 0.220 e. The number of hydrogen-bond acceptors (Lipinski definition) is 7. The number of nitrogens with two attached hydrogens (primary N) is 1. The maximum Gasteiger partial charge on any atom is 0.220 e. The molecular weight excluding hydrogens is 483 g/mol. The number of benzene rings is 2. The molecule has 0 aliphatic carbocycles. The summed E-state index contributed by atoms with van der Waals surface area (Å²) in [6, 6.07) is 16.7. The van der Waals surface area contributed by atoms with Gasteiger partial charge in [-0.05, 0) is 60.9 Å². The Morgan fingerprint density at radius 2 is 1.84 bits per heavy atom. The normalized spacial score (nSPS) is 14.7. The molecule has 198 valence electrons. The van der Waals surface area contributed by atoms with Crippen molar-refractivity contribution in [1.82, 2.24) is 24.4 Å². The molecule has 5 rings (SSSR count). The number of aryl methyl sites for hydroxylation is 1. The summed E-state index contributed by atoms with van der Waals surface area (Å²) >= 11 is 0. The first-order chi connectivity index (χ1) is 18.6. The largest absolute Gasteiger partial charge is 0.497 e. The SMILES string of the molecule is COCCCN(Cc1ccc(OC)cc1)C[C@@H]1CCc2nc(-c3ccc(F)cc3)c(-c3ccnc(N)n3)n21. The molecule has 38 heavy (non-hydrogen) atoms. The fourth-order valence-electron chi connectivity index (χ4n) is 5.16. The Labute approximate surface area is 222 Å². The van der Waals surface area contributed by atoms with Gasteiger partial charge in [0.15, 0.2) is 0 Å². The third-order valence-electron chi connectivity index (χ3n) is 6.94. The lowest BCUT2D eigenvalue weighted by atomic mass is 10.1. The number of fused-ring (bicyclic) bond motifs is 1. The summed E-state index contributed by atoms with van der Waals surface area (Å²) in [6.07, 6.45) is 4.43. The van der Waals surface area contributed by atoms with Gasteiger partial charge in [0, 0.05) is 57.6 Å². The highest BCUT2D eigenvalue weighted by molar-refractivity contribution is 5.78. The third-order valence-corrected chi connectivity index (χ3v) is 6.94. The molecule has 0 amide bonds. The van der Waals surface area contributed by atoms with E-state index in [2.05, 4.69) is 31.6 Å². The van der Waals surface area contributed by atoms with E-state index in [0.29, 0.717) is 12.3 Å². The van der Waals surface area contributed by atoms with E-state index in [1.807, 2.05) is 18.2 Å². The van der Waals surface area contributed by atoms with Crippen LogP contribution >= 0.6 is 0 Å². The molecule has 1 aliphatic rings. The number of anilines is 1. The topological polar surface area (TPSA) is 91.3 Å². The first-order valence-electron chi connectivity index (χ1n) is 12.9. The predicted octanol–water partition coefficient (Wildman–Crippen LogP) is 4.76. The number of aromatic nitrogens is 4. The van der Waals surface area contributed by atoms with Gasteiger partial charge in [0.25, 0.3) is 0 Å². The summed E-state index contributed by atoms with van der Waals surface area (Å²) in [5.74, 6) is 1.78. The molecule has 2 N–H and O–H groups in total. The van der Waals surface area contributed by atoms with E-state index in [4.69, 9.17) is 20.2 Å². The molecule has 2 aromatic carbocycles. The number of imidazole rings is 1. The van der Waals surface area contributed by atoms with Gasteiger partial charge < -0.3 is 19.8 Å². The minimum absolute atomic E-state index is 0.193. The zero-order valence-electron chi connectivity index (χ0n) is 21.8. The monoisotopic (exact) mass is 516 g/mol. The zero-order valence-corrected chi connectivity index (χ0v) is 21.8. The summed E-state index contributed by atoms with van der Waals surface area (Å²) in [5.41, 5.74) is 10.4. The van der Waals surface area contributed by atoms with Crippen molar-refractivity contribution in [2.75, 3.05) is 39.6 Å². The van der Waals surface area contributed by atoms with E-state index in [1.165, 1.54) is 17.7 Å². The number of methoxy groups -OCH3 is 2. The van der Waals surface area contributed by atoms with E-state index < -0.39 is 0 Å². The van der Waals surface area contributed by atoms with Crippen molar-refractivity contribution < 1.29 is 13.9 Å². The Bertz CT molecular complexity index is 1360. The number of halogens is 1. The zero-order chi connectivity index (χ0) is 26.5. The highest BCUT2D eigenvalue weighted by Crippen LogP contribution is 2.39. The van der Waals surface area contributed by atoms with Gasteiger partial charge in [-0.3, -0.25) is 4.90 Å². The van der Waals surface area contributed by atoms with Crippen molar-refractivity contribution in [2.45, 2.75) is 31.8 Å². The minimum Gasteiger partial charge on any atom is -0.497 e. The first kappa shape index (κ1) is 25.8. The Morgan fingerprint density at radius 3 is 2.55 bits per heavy atom. The first-order valence-corrected chi connectivity index (χ1v) is 12.9. The van der Waals surface area contributed by atoms with Crippen LogP contribution in [0, 0.1) is 5.82 Å². The molecule has 0 spiro atoms. The number of ether oxygens (including phenoxy) is 2. The molecule has 0 radical (unpaired) electrons. The second-order valence-electron chi connectivity index (χ2n) is 9.52. The van der Waals surface area contributed by atoms with Gasteiger partial charge in [0.2, 0.25) is 5.95 Å². The van der Waals surface area contributed by atoms with Crippen molar-refractivity contribution in [3.8, 4) is 28.4 Å². The summed E-state index contributed by atoms with van der Waals surface area (Å²) < 4.78 is 26.7. The highest BCUT2D eigenvalue weighted by Gasteiger charge is 2.32. The van der Waals surface area contributed by atoms with Crippen molar-refractivity contribution >= 4 is 5.95 Å². The molecule has 9 heteroatoms. The van der Waals surface area contributed by atoms with Gasteiger partial charge in [-0.2, -0.15) is 0 Å². The maximum atomic E-state index is 13.7. The molecule has 1 aliphatic heterocycles. The van der Waals surface area contributed by atoms with Crippen molar-refractivity contribution in [3.05, 3.63) is 78.0 Å². The highest BCUT2D eigenvalue weighted by atomic mass is 19.1. The van der Waals surface area contributed by atoms with E-state index in [1.54, 1.807) is 32.5 Å². The molecular formula is C29H33FN6O2. The lowest BCUT2D eigenvalue weighted by molar-refractivity contribution is 0.161. The van der Waals surface area contributed by atoms with Crippen LogP contribution in [0.15, 0.2) is 60.8 Å². The van der Waals surface area contributed by atoms with Crippen LogP contribution in [0.5, 0.6) is 5.75 Å². The second kappa shape index (κ2) is 11.7. The molecule has 0 bridgehead atoms. The minimum atomic E-state index is -0.281. The summed E-state index contributed by atoms with van der Waals surface area (Å²) in [7, 11) is 3.41. The van der Waals surface area contributed by atoms with E-state index >= 15 is 0 Å². The van der Waals surface area contributed by atoms with Crippen LogP contribution in [0.4, 0.5) is 10.3 Å². The van der Waals surface area contributed by atoms with Crippen LogP contribution in [0.2, 0.25) is 0 Å². The van der Waals surface area contributed by atoms with Crippen LogP contribution in [0.1, 0.15) is 30.3 Å². The van der Waals surface area contributed by atoms with Gasteiger partial charge in [0.1, 0.15) is 17.4 Å². The Kier molecular flexibility index (Phi) is 7.95. The maximum absolute atomic E-state index is 13.7. The fourth-order valence-corrected chi connectivity index (χ4v) is 5.16. The van der Waals surface area contributed by atoms with Crippen molar-refractivity contribution in [1.29, 1.82) is 0 Å². The molecule has 0 saturated heterocycles. The molecule has 3 heterocycles. The van der Waals surface area contributed by atoms with Crippen LogP contribution < -0.4 is 10.5 Å². The second-order valence-corrected chi connectivity index (χ2v) is 9.52. The molecule has 0 saturated carbocycles. The third kappa shape index (κ3) is 5.69. The van der Waals surface area contributed by atoms with Gasteiger partial charge in [-0.15, -0.1) is 0 Å². The predicted molar refractivity (Wildman–Crippen MR) is 145 cm³/mol. The van der Waals surface area contributed by atoms with Gasteiger partial charge in [-0.1, -0.05) is 12.1 Å². The summed E-state index contributed by atoms with van der Waals surface area (Å²) in [6.45, 7) is 3.27. The Balaban J connectivity index is 1.49. The Hall–Kier alpha value is -3.82. The fraction of sp³-hybridized carbons (Fsp3) is 0.345. The van der Waals surface area contributed by atoms with Crippen LogP contribution in [0.3, 0.4) is 0 Å². The molecule has 0 unspecified atom stereocenters. The van der Waals surface area contributed by atoms with Gasteiger partial charge >= 0.3 is 0 Å². The van der Waals surface area contributed by atoms with Crippen LogP contribution in [-0.2, 0) is 17.7 Å². The van der Waals surface area contributed by atoms with Crippen LogP contribution in [-0.4, -0.2) is 58.3 Å².